The van der Waals surface area contributed by atoms with Gasteiger partial charge in [0.2, 0.25) is 0 Å². The largest absolute Gasteiger partial charge is 0.0848 e. The second-order valence-electron chi connectivity index (χ2n) is 9.71. The van der Waals surface area contributed by atoms with Crippen molar-refractivity contribution in [1.82, 2.24) is 0 Å². The molecule has 0 heterocycles. The predicted molar refractivity (Wildman–Crippen MR) is 78.7 cm³/mol. The quantitative estimate of drug-likeness (QED) is 0.571. The summed E-state index contributed by atoms with van der Waals surface area (Å²) in [5, 5.41) is 0. The summed E-state index contributed by atoms with van der Waals surface area (Å²) in [7, 11) is 0. The molecule has 0 saturated heterocycles. The minimum absolute atomic E-state index is 1.02. The molecule has 20 heavy (non-hydrogen) atoms. The van der Waals surface area contributed by atoms with Crippen LogP contribution in [0.15, 0.2) is 12.2 Å². The molecule has 0 aromatic carbocycles. The Hall–Kier alpha value is -0.260. The van der Waals surface area contributed by atoms with Crippen molar-refractivity contribution in [1.29, 1.82) is 0 Å². The first kappa shape index (κ1) is 10.5. The number of hydrogen-bond acceptors (Lipinski definition) is 0. The minimum Gasteiger partial charge on any atom is -0.0848 e. The zero-order valence-electron chi connectivity index (χ0n) is 12.3. The fourth-order valence-corrected chi connectivity index (χ4v) is 9.36. The van der Waals surface area contributed by atoms with Gasteiger partial charge in [0.05, 0.1) is 0 Å². The van der Waals surface area contributed by atoms with Gasteiger partial charge in [-0.3, -0.25) is 0 Å². The van der Waals surface area contributed by atoms with Crippen LogP contribution in [0.3, 0.4) is 0 Å². The molecule has 7 aliphatic carbocycles. The average Bonchev–Trinajstić information content (AvgIpc) is 2.92. The van der Waals surface area contributed by atoms with Gasteiger partial charge in [0.15, 0.2) is 0 Å². The Morgan fingerprint density at radius 2 is 1.30 bits per heavy atom. The van der Waals surface area contributed by atoms with Crippen LogP contribution in [0, 0.1) is 71.0 Å². The molecular weight excluding hydrogens is 240 g/mol. The van der Waals surface area contributed by atoms with Gasteiger partial charge < -0.3 is 0 Å². The Bertz CT molecular complexity index is 518. The SMILES string of the molecule is C1=CC2CC1C1CC3C4CC(C5CCC6CC6C54)C3C21. The zero-order valence-corrected chi connectivity index (χ0v) is 12.3. The Labute approximate surface area is 122 Å². The summed E-state index contributed by atoms with van der Waals surface area (Å²) < 4.78 is 0. The molecule has 106 valence electrons. The van der Waals surface area contributed by atoms with E-state index in [9.17, 15) is 0 Å². The molecular formula is C20H26. The first-order valence-corrected chi connectivity index (χ1v) is 9.58. The van der Waals surface area contributed by atoms with Crippen LogP contribution in [0.25, 0.3) is 0 Å². The van der Waals surface area contributed by atoms with Crippen molar-refractivity contribution in [3.63, 3.8) is 0 Å². The number of rotatable bonds is 0. The second kappa shape index (κ2) is 3.08. The molecule has 0 radical (unpaired) electrons. The maximum absolute atomic E-state index is 2.63. The van der Waals surface area contributed by atoms with E-state index in [1.807, 2.05) is 0 Å². The molecule has 0 aromatic rings. The molecule has 0 heteroatoms. The van der Waals surface area contributed by atoms with Crippen LogP contribution >= 0.6 is 0 Å². The van der Waals surface area contributed by atoms with Gasteiger partial charge in [-0.15, -0.1) is 0 Å². The van der Waals surface area contributed by atoms with Crippen molar-refractivity contribution in [3.8, 4) is 0 Å². The van der Waals surface area contributed by atoms with Crippen LogP contribution in [0.5, 0.6) is 0 Å². The van der Waals surface area contributed by atoms with Gasteiger partial charge in [0.25, 0.3) is 0 Å². The third-order valence-electron chi connectivity index (χ3n) is 9.64. The zero-order chi connectivity index (χ0) is 12.6. The molecule has 0 N–H and O–H groups in total. The fourth-order valence-electron chi connectivity index (χ4n) is 9.36. The predicted octanol–water partition coefficient (Wildman–Crippen LogP) is 4.37. The smallest absolute Gasteiger partial charge is 0.0194 e. The summed E-state index contributed by atoms with van der Waals surface area (Å²) in [6.45, 7) is 0. The molecule has 7 aliphatic rings. The molecule has 12 unspecified atom stereocenters. The van der Waals surface area contributed by atoms with Crippen LogP contribution in [0.2, 0.25) is 0 Å². The highest BCUT2D eigenvalue weighted by Crippen LogP contribution is 2.76. The maximum Gasteiger partial charge on any atom is -0.0194 e. The second-order valence-corrected chi connectivity index (χ2v) is 9.71. The van der Waals surface area contributed by atoms with E-state index < -0.39 is 0 Å². The Kier molecular flexibility index (Phi) is 1.61. The van der Waals surface area contributed by atoms with Crippen molar-refractivity contribution in [2.75, 3.05) is 0 Å². The highest BCUT2D eigenvalue weighted by atomic mass is 14.7. The van der Waals surface area contributed by atoms with E-state index >= 15 is 0 Å². The number of fused-ring (bicyclic) bond motifs is 16. The first-order chi connectivity index (χ1) is 9.90. The highest BCUT2D eigenvalue weighted by Gasteiger charge is 2.70. The standard InChI is InChI=1S/C20H26/c1-2-11-5-9(1)14-7-17-16-8-15(20(17)18(11)14)12-4-3-10-6-13(10)19(12)16/h1-2,9-20H,3-8H2. The van der Waals surface area contributed by atoms with Gasteiger partial charge in [-0.2, -0.15) is 0 Å². The van der Waals surface area contributed by atoms with Crippen LogP contribution in [-0.2, 0) is 0 Å². The lowest BCUT2D eigenvalue weighted by Crippen LogP contribution is -2.38. The lowest BCUT2D eigenvalue weighted by molar-refractivity contribution is 0.0483. The summed E-state index contributed by atoms with van der Waals surface area (Å²) in [5.41, 5.74) is 0. The molecule has 0 spiro atoms. The summed E-state index contributed by atoms with van der Waals surface area (Å²) in [6.07, 6.45) is 15.0. The Morgan fingerprint density at radius 1 is 0.500 bits per heavy atom. The Balaban J connectivity index is 1.31. The molecule has 0 aromatic heterocycles. The Morgan fingerprint density at radius 3 is 2.30 bits per heavy atom. The topological polar surface area (TPSA) is 0 Å². The van der Waals surface area contributed by atoms with E-state index in [-0.39, 0.29) is 0 Å². The summed E-state index contributed by atoms with van der Waals surface area (Å²) in [5.74, 6) is 14.0. The van der Waals surface area contributed by atoms with Gasteiger partial charge in [0.1, 0.15) is 0 Å². The molecule has 0 amide bonds. The molecule has 6 saturated carbocycles. The molecule has 12 atom stereocenters. The van der Waals surface area contributed by atoms with Gasteiger partial charge in [0, 0.05) is 0 Å². The van der Waals surface area contributed by atoms with Crippen molar-refractivity contribution in [3.05, 3.63) is 12.2 Å². The van der Waals surface area contributed by atoms with E-state index in [1.54, 1.807) is 38.5 Å². The molecule has 4 bridgehead atoms. The van der Waals surface area contributed by atoms with Crippen molar-refractivity contribution in [2.24, 2.45) is 71.0 Å². The van der Waals surface area contributed by atoms with Gasteiger partial charge in [-0.1, -0.05) is 12.2 Å². The van der Waals surface area contributed by atoms with Gasteiger partial charge in [-0.05, 0) is 110 Å². The van der Waals surface area contributed by atoms with E-state index in [0.717, 1.165) is 23.7 Å². The van der Waals surface area contributed by atoms with Crippen LogP contribution in [0.4, 0.5) is 0 Å². The fraction of sp³-hybridized carbons (Fsp3) is 0.900. The lowest BCUT2D eigenvalue weighted by Gasteiger charge is -2.43. The normalized spacial score (nSPS) is 73.6. The summed E-state index contributed by atoms with van der Waals surface area (Å²) >= 11 is 0. The van der Waals surface area contributed by atoms with Gasteiger partial charge >= 0.3 is 0 Å². The van der Waals surface area contributed by atoms with Crippen LogP contribution in [-0.4, -0.2) is 0 Å². The molecule has 0 aliphatic heterocycles. The third kappa shape index (κ3) is 0.966. The van der Waals surface area contributed by atoms with Crippen LogP contribution < -0.4 is 0 Å². The molecule has 7 rings (SSSR count). The maximum atomic E-state index is 2.63. The van der Waals surface area contributed by atoms with E-state index in [0.29, 0.717) is 0 Å². The number of allylic oxidation sites excluding steroid dienone is 2. The van der Waals surface area contributed by atoms with Crippen molar-refractivity contribution >= 4 is 0 Å². The molecule has 6 fully saturated rings. The van der Waals surface area contributed by atoms with E-state index in [1.165, 1.54) is 47.3 Å². The summed E-state index contributed by atoms with van der Waals surface area (Å²) in [4.78, 5) is 0. The van der Waals surface area contributed by atoms with Crippen molar-refractivity contribution < 1.29 is 0 Å². The first-order valence-electron chi connectivity index (χ1n) is 9.58. The lowest BCUT2D eigenvalue weighted by atomic mass is 9.62. The van der Waals surface area contributed by atoms with Crippen LogP contribution in [0.1, 0.15) is 38.5 Å². The third-order valence-corrected chi connectivity index (χ3v) is 9.64. The molecule has 0 nitrogen and oxygen atoms in total. The van der Waals surface area contributed by atoms with E-state index in [2.05, 4.69) is 12.2 Å². The average molecular weight is 266 g/mol. The van der Waals surface area contributed by atoms with Crippen molar-refractivity contribution in [2.45, 2.75) is 38.5 Å². The van der Waals surface area contributed by atoms with E-state index in [4.69, 9.17) is 0 Å². The summed E-state index contributed by atoms with van der Waals surface area (Å²) in [6, 6.07) is 0. The monoisotopic (exact) mass is 266 g/mol. The highest BCUT2D eigenvalue weighted by molar-refractivity contribution is 5.23. The number of hydrogen-bond donors (Lipinski definition) is 0. The minimum atomic E-state index is 1.02. The van der Waals surface area contributed by atoms with Gasteiger partial charge in [-0.25, -0.2) is 0 Å².